The Bertz CT molecular complexity index is 809. The van der Waals surface area contributed by atoms with E-state index in [1.807, 2.05) is 72.5 Å². The molecule has 2 aromatic rings. The van der Waals surface area contributed by atoms with Gasteiger partial charge < -0.3 is 19.9 Å². The van der Waals surface area contributed by atoms with E-state index in [1.54, 1.807) is 7.05 Å². The Balaban J connectivity index is 0.00000341. The number of carbonyl (C=O) groups is 1. The van der Waals surface area contributed by atoms with Crippen LogP contribution in [0.5, 0.6) is 5.75 Å². The Morgan fingerprint density at radius 2 is 1.71 bits per heavy atom. The van der Waals surface area contributed by atoms with E-state index in [0.717, 1.165) is 43.2 Å². The van der Waals surface area contributed by atoms with Gasteiger partial charge in [-0.15, -0.1) is 24.0 Å². The van der Waals surface area contributed by atoms with Crippen molar-refractivity contribution < 1.29 is 9.53 Å². The van der Waals surface area contributed by atoms with Gasteiger partial charge in [0.1, 0.15) is 11.9 Å². The second-order valence-electron chi connectivity index (χ2n) is 7.41. The first-order valence-corrected chi connectivity index (χ1v) is 10.7. The molecule has 1 fully saturated rings. The molecule has 0 radical (unpaired) electrons. The summed E-state index contributed by atoms with van der Waals surface area (Å²) in [7, 11) is 1.76. The Hall–Kier alpha value is -2.29. The molecular weight excluding hydrogens is 503 g/mol. The number of hydrogen-bond donors (Lipinski definition) is 1. The van der Waals surface area contributed by atoms with Crippen molar-refractivity contribution in [3.63, 3.8) is 0 Å². The van der Waals surface area contributed by atoms with E-state index in [9.17, 15) is 4.79 Å². The molecule has 0 aliphatic carbocycles. The number of halogens is 1. The normalized spacial score (nSPS) is 14.5. The van der Waals surface area contributed by atoms with Crippen LogP contribution in [0.4, 0.5) is 0 Å². The fourth-order valence-corrected chi connectivity index (χ4v) is 3.66. The first kappa shape index (κ1) is 25.0. The monoisotopic (exact) mass is 536 g/mol. The van der Waals surface area contributed by atoms with Gasteiger partial charge in [0, 0.05) is 46.1 Å². The molecule has 1 heterocycles. The molecule has 3 rings (SSSR count). The number of nitrogens with one attached hydrogen (secondary N) is 1. The van der Waals surface area contributed by atoms with Crippen molar-refractivity contribution in [1.29, 1.82) is 0 Å². The number of nitrogens with zero attached hydrogens (tertiary/aromatic N) is 3. The zero-order valence-corrected chi connectivity index (χ0v) is 20.7. The Kier molecular flexibility index (Phi) is 10.6. The lowest BCUT2D eigenvalue weighted by atomic mass is 10.1. The van der Waals surface area contributed by atoms with Gasteiger partial charge in [-0.2, -0.15) is 0 Å². The first-order valence-electron chi connectivity index (χ1n) is 10.7. The van der Waals surface area contributed by atoms with Gasteiger partial charge in [-0.25, -0.2) is 0 Å². The van der Waals surface area contributed by atoms with Gasteiger partial charge in [0.15, 0.2) is 5.96 Å². The minimum Gasteiger partial charge on any atom is -0.490 e. The number of para-hydroxylation sites is 1. The molecule has 1 aliphatic heterocycles. The lowest BCUT2D eigenvalue weighted by Gasteiger charge is -2.34. The predicted octanol–water partition coefficient (Wildman–Crippen LogP) is 3.77. The lowest BCUT2D eigenvalue weighted by molar-refractivity contribution is -0.130. The minimum absolute atomic E-state index is 0. The average molecular weight is 536 g/mol. The number of carbonyl (C=O) groups excluding carboxylic acids is 1. The highest BCUT2D eigenvalue weighted by Gasteiger charge is 2.23. The van der Waals surface area contributed by atoms with Crippen LogP contribution in [0.3, 0.4) is 0 Å². The molecule has 2 aromatic carbocycles. The van der Waals surface area contributed by atoms with Crippen LogP contribution in [-0.4, -0.2) is 61.0 Å². The number of aliphatic imine (C=N–C) groups is 1. The number of amides is 1. The van der Waals surface area contributed by atoms with Crippen LogP contribution in [0.15, 0.2) is 65.7 Å². The van der Waals surface area contributed by atoms with E-state index in [1.165, 1.54) is 0 Å². The maximum Gasteiger partial charge on any atom is 0.242 e. The standard InChI is InChI=1S/C24H32N4O2.HI/c1-3-27(19-20-10-6-4-7-11-20)23(29)18-26-24(25-2)28-16-14-22(15-17-28)30-21-12-8-5-9-13-21;/h4-13,22H,3,14-19H2,1-2H3,(H,25,26);1H. The van der Waals surface area contributed by atoms with Crippen molar-refractivity contribution in [2.45, 2.75) is 32.4 Å². The molecule has 0 saturated carbocycles. The summed E-state index contributed by atoms with van der Waals surface area (Å²) in [4.78, 5) is 21.1. The number of likely N-dealkylation sites (tertiary alicyclic amines) is 1. The topological polar surface area (TPSA) is 57.2 Å². The number of piperidine rings is 1. The van der Waals surface area contributed by atoms with Gasteiger partial charge in [-0.3, -0.25) is 9.79 Å². The Morgan fingerprint density at radius 3 is 2.29 bits per heavy atom. The molecule has 1 amide bonds. The van der Waals surface area contributed by atoms with Gasteiger partial charge in [-0.1, -0.05) is 48.5 Å². The maximum absolute atomic E-state index is 12.7. The van der Waals surface area contributed by atoms with Gasteiger partial charge >= 0.3 is 0 Å². The van der Waals surface area contributed by atoms with Crippen molar-refractivity contribution in [2.24, 2.45) is 4.99 Å². The van der Waals surface area contributed by atoms with E-state index in [0.29, 0.717) is 13.1 Å². The quantitative estimate of drug-likeness (QED) is 0.333. The summed E-state index contributed by atoms with van der Waals surface area (Å²) in [6.45, 7) is 5.26. The van der Waals surface area contributed by atoms with Crippen LogP contribution in [0.25, 0.3) is 0 Å². The summed E-state index contributed by atoms with van der Waals surface area (Å²) < 4.78 is 6.07. The molecule has 0 spiro atoms. The fourth-order valence-electron chi connectivity index (χ4n) is 3.66. The van der Waals surface area contributed by atoms with E-state index >= 15 is 0 Å². The van der Waals surface area contributed by atoms with Crippen molar-refractivity contribution in [1.82, 2.24) is 15.1 Å². The number of likely N-dealkylation sites (N-methyl/N-ethyl adjacent to an activating group) is 1. The second kappa shape index (κ2) is 13.2. The number of hydrogen-bond acceptors (Lipinski definition) is 3. The molecule has 0 bridgehead atoms. The van der Waals surface area contributed by atoms with Crippen molar-refractivity contribution >= 4 is 35.8 Å². The van der Waals surface area contributed by atoms with Crippen LogP contribution >= 0.6 is 24.0 Å². The van der Waals surface area contributed by atoms with Crippen LogP contribution in [-0.2, 0) is 11.3 Å². The highest BCUT2D eigenvalue weighted by Crippen LogP contribution is 2.18. The summed E-state index contributed by atoms with van der Waals surface area (Å²) in [5.41, 5.74) is 1.14. The number of guanidine groups is 1. The van der Waals surface area contributed by atoms with E-state index < -0.39 is 0 Å². The van der Waals surface area contributed by atoms with Crippen LogP contribution < -0.4 is 10.1 Å². The third-order valence-corrected chi connectivity index (χ3v) is 5.35. The SMILES string of the molecule is CCN(Cc1ccccc1)C(=O)CNC(=NC)N1CCC(Oc2ccccc2)CC1.I. The zero-order chi connectivity index (χ0) is 21.2. The van der Waals surface area contributed by atoms with Crippen molar-refractivity contribution in [2.75, 3.05) is 33.2 Å². The van der Waals surface area contributed by atoms with E-state index in [-0.39, 0.29) is 42.5 Å². The summed E-state index contributed by atoms with van der Waals surface area (Å²) in [5, 5.41) is 3.25. The third kappa shape index (κ3) is 7.72. The van der Waals surface area contributed by atoms with E-state index in [2.05, 4.69) is 15.2 Å². The summed E-state index contributed by atoms with van der Waals surface area (Å²) >= 11 is 0. The molecule has 6 nitrogen and oxygen atoms in total. The van der Waals surface area contributed by atoms with Crippen LogP contribution in [0.2, 0.25) is 0 Å². The minimum atomic E-state index is 0. The molecule has 1 N–H and O–H groups in total. The van der Waals surface area contributed by atoms with E-state index in [4.69, 9.17) is 4.74 Å². The summed E-state index contributed by atoms with van der Waals surface area (Å²) in [5.74, 6) is 1.77. The first-order chi connectivity index (χ1) is 14.7. The van der Waals surface area contributed by atoms with Gasteiger partial charge in [0.2, 0.25) is 5.91 Å². The van der Waals surface area contributed by atoms with Crippen LogP contribution in [0, 0.1) is 0 Å². The Labute approximate surface area is 202 Å². The molecule has 0 unspecified atom stereocenters. The lowest BCUT2D eigenvalue weighted by Crippen LogP contribution is -2.50. The average Bonchev–Trinajstić information content (AvgIpc) is 2.80. The summed E-state index contributed by atoms with van der Waals surface area (Å²) in [6, 6.07) is 20.0. The van der Waals surface area contributed by atoms with Gasteiger partial charge in [-0.05, 0) is 24.6 Å². The molecule has 1 saturated heterocycles. The largest absolute Gasteiger partial charge is 0.490 e. The molecular formula is C24H33IN4O2. The van der Waals surface area contributed by atoms with Crippen molar-refractivity contribution in [3.8, 4) is 5.75 Å². The van der Waals surface area contributed by atoms with Gasteiger partial charge in [0.25, 0.3) is 0 Å². The molecule has 168 valence electrons. The van der Waals surface area contributed by atoms with Crippen LogP contribution in [0.1, 0.15) is 25.3 Å². The highest BCUT2D eigenvalue weighted by atomic mass is 127. The predicted molar refractivity (Wildman–Crippen MR) is 136 cm³/mol. The molecule has 0 atom stereocenters. The molecule has 31 heavy (non-hydrogen) atoms. The zero-order valence-electron chi connectivity index (χ0n) is 18.4. The summed E-state index contributed by atoms with van der Waals surface area (Å²) in [6.07, 6.45) is 2.07. The highest BCUT2D eigenvalue weighted by molar-refractivity contribution is 14.0. The third-order valence-electron chi connectivity index (χ3n) is 5.35. The second-order valence-corrected chi connectivity index (χ2v) is 7.41. The molecule has 0 aromatic heterocycles. The van der Waals surface area contributed by atoms with Gasteiger partial charge in [0.05, 0.1) is 6.54 Å². The number of rotatable bonds is 7. The number of benzene rings is 2. The maximum atomic E-state index is 12.7. The molecule has 7 heteroatoms. The molecule has 1 aliphatic rings. The fraction of sp³-hybridized carbons (Fsp3) is 0.417. The smallest absolute Gasteiger partial charge is 0.242 e. The number of ether oxygens (including phenoxy) is 1. The Morgan fingerprint density at radius 1 is 1.10 bits per heavy atom. The van der Waals surface area contributed by atoms with Crippen molar-refractivity contribution in [3.05, 3.63) is 66.2 Å².